The zero-order valence-electron chi connectivity index (χ0n) is 16.7. The summed E-state index contributed by atoms with van der Waals surface area (Å²) in [5, 5.41) is 4.17. The first-order valence-electron chi connectivity index (χ1n) is 10.2. The molecule has 0 spiro atoms. The number of hydrogen-bond donors (Lipinski definition) is 1. The zero-order chi connectivity index (χ0) is 20.8. The van der Waals surface area contributed by atoms with E-state index in [2.05, 4.69) is 41.1 Å². The van der Waals surface area contributed by atoms with Crippen LogP contribution in [0.25, 0.3) is 10.9 Å². The van der Waals surface area contributed by atoms with Crippen molar-refractivity contribution < 1.29 is 4.79 Å². The summed E-state index contributed by atoms with van der Waals surface area (Å²) in [5.41, 5.74) is 2.36. The first-order chi connectivity index (χ1) is 14.7. The van der Waals surface area contributed by atoms with Crippen molar-refractivity contribution in [3.63, 3.8) is 0 Å². The smallest absolute Gasteiger partial charge is 0.161 e. The molecule has 0 radical (unpaired) electrons. The van der Waals surface area contributed by atoms with Crippen LogP contribution in [0.3, 0.4) is 0 Å². The molecular formula is C23H24BrN5O. The summed E-state index contributed by atoms with van der Waals surface area (Å²) < 4.78 is 0.982. The highest BCUT2D eigenvalue weighted by Crippen LogP contribution is 2.25. The van der Waals surface area contributed by atoms with Crippen LogP contribution in [-0.2, 0) is 11.2 Å². The Morgan fingerprint density at radius 1 is 1.13 bits per heavy atom. The minimum atomic E-state index is 0.0530. The Kier molecular flexibility index (Phi) is 6.81. The third-order valence-corrected chi connectivity index (χ3v) is 5.63. The number of fused-ring (bicyclic) bond motifs is 1. The molecule has 1 aliphatic rings. The molecule has 1 aromatic carbocycles. The van der Waals surface area contributed by atoms with Gasteiger partial charge in [-0.2, -0.15) is 0 Å². The van der Waals surface area contributed by atoms with Crippen LogP contribution in [0.15, 0.2) is 59.5 Å². The third kappa shape index (κ3) is 5.49. The molecule has 0 bridgehead atoms. The van der Waals surface area contributed by atoms with Gasteiger partial charge in [0.05, 0.1) is 18.1 Å². The topological polar surface area (TPSA) is 71.0 Å². The fraction of sp³-hybridized carbons (Fsp3) is 0.304. The van der Waals surface area contributed by atoms with Gasteiger partial charge >= 0.3 is 0 Å². The van der Waals surface area contributed by atoms with Gasteiger partial charge in [0.1, 0.15) is 12.1 Å². The molecule has 0 unspecified atom stereocenters. The van der Waals surface area contributed by atoms with Crippen LogP contribution < -0.4 is 5.32 Å². The van der Waals surface area contributed by atoms with Crippen LogP contribution in [0.1, 0.15) is 25.0 Å². The van der Waals surface area contributed by atoms with Gasteiger partial charge in [0.15, 0.2) is 5.78 Å². The number of likely N-dealkylation sites (tertiary alicyclic amines) is 1. The Hall–Kier alpha value is -2.64. The van der Waals surface area contributed by atoms with Crippen molar-refractivity contribution in [2.45, 2.75) is 25.7 Å². The fourth-order valence-corrected chi connectivity index (χ4v) is 4.01. The van der Waals surface area contributed by atoms with Gasteiger partial charge in [0, 0.05) is 27.8 Å². The molecule has 0 saturated carbocycles. The van der Waals surface area contributed by atoms with E-state index < -0.39 is 0 Å². The molecule has 0 aliphatic carbocycles. The van der Waals surface area contributed by atoms with Crippen molar-refractivity contribution >= 4 is 44.1 Å². The largest absolute Gasteiger partial charge is 0.340 e. The molecule has 1 aliphatic heterocycles. The second-order valence-corrected chi connectivity index (χ2v) is 8.37. The first kappa shape index (κ1) is 20.6. The summed E-state index contributed by atoms with van der Waals surface area (Å²) in [6.45, 7) is 3.09. The number of piperidine rings is 1. The number of nitrogens with zero attached hydrogens (tertiary/aromatic N) is 4. The summed E-state index contributed by atoms with van der Waals surface area (Å²) >= 11 is 3.48. The number of ketones is 1. The normalized spacial score (nSPS) is 15.0. The quantitative estimate of drug-likeness (QED) is 0.510. The standard InChI is InChI=1S/C23H24BrN5O/c24-17-6-4-7-18(12-17)28-23-21-14-19(25-15-22(21)26-16-27-23)13-20(30)8-5-11-29-9-2-1-3-10-29/h4-8,12,14-16H,1-3,9-11,13H2,(H,26,27,28)/b8-5+. The number of carbonyl (C=O) groups is 1. The number of allylic oxidation sites excluding steroid dienone is 1. The van der Waals surface area contributed by atoms with Gasteiger partial charge in [-0.15, -0.1) is 0 Å². The molecular weight excluding hydrogens is 442 g/mol. The predicted octanol–water partition coefficient (Wildman–Crippen LogP) is 4.68. The molecule has 0 amide bonds. The van der Waals surface area contributed by atoms with Crippen molar-refractivity contribution in [3.8, 4) is 0 Å². The summed E-state index contributed by atoms with van der Waals surface area (Å²) in [7, 11) is 0. The van der Waals surface area contributed by atoms with E-state index in [1.165, 1.54) is 25.6 Å². The maximum absolute atomic E-state index is 12.4. The Balaban J connectivity index is 1.46. The highest BCUT2D eigenvalue weighted by molar-refractivity contribution is 9.10. The monoisotopic (exact) mass is 465 g/mol. The number of carbonyl (C=O) groups excluding carboxylic acids is 1. The summed E-state index contributed by atoms with van der Waals surface area (Å²) in [6.07, 6.45) is 10.9. The van der Waals surface area contributed by atoms with E-state index in [-0.39, 0.29) is 12.2 Å². The van der Waals surface area contributed by atoms with E-state index in [0.29, 0.717) is 11.5 Å². The number of pyridine rings is 1. The highest BCUT2D eigenvalue weighted by atomic mass is 79.9. The van der Waals surface area contributed by atoms with Crippen LogP contribution in [0.4, 0.5) is 11.5 Å². The number of nitrogens with one attached hydrogen (secondary N) is 1. The van der Waals surface area contributed by atoms with Gasteiger partial charge in [-0.25, -0.2) is 9.97 Å². The fourth-order valence-electron chi connectivity index (χ4n) is 3.61. The molecule has 6 nitrogen and oxygen atoms in total. The van der Waals surface area contributed by atoms with Crippen molar-refractivity contribution in [1.82, 2.24) is 19.9 Å². The van der Waals surface area contributed by atoms with E-state index in [1.807, 2.05) is 36.4 Å². The third-order valence-electron chi connectivity index (χ3n) is 5.14. The minimum Gasteiger partial charge on any atom is -0.340 e. The molecule has 1 fully saturated rings. The Morgan fingerprint density at radius 3 is 2.83 bits per heavy atom. The van der Waals surface area contributed by atoms with E-state index in [9.17, 15) is 4.79 Å². The van der Waals surface area contributed by atoms with Crippen LogP contribution in [0.5, 0.6) is 0 Å². The number of anilines is 2. The molecule has 7 heteroatoms. The van der Waals surface area contributed by atoms with Crippen molar-refractivity contribution in [3.05, 3.63) is 65.2 Å². The number of aromatic nitrogens is 3. The summed E-state index contributed by atoms with van der Waals surface area (Å²) in [4.78, 5) is 27.9. The van der Waals surface area contributed by atoms with Crippen LogP contribution in [-0.4, -0.2) is 45.3 Å². The van der Waals surface area contributed by atoms with Gasteiger partial charge in [-0.05, 0) is 56.3 Å². The number of hydrogen-bond acceptors (Lipinski definition) is 6. The molecule has 154 valence electrons. The maximum Gasteiger partial charge on any atom is 0.161 e. The predicted molar refractivity (Wildman–Crippen MR) is 123 cm³/mol. The summed E-state index contributed by atoms with van der Waals surface area (Å²) in [6, 6.07) is 9.77. The lowest BCUT2D eigenvalue weighted by atomic mass is 10.1. The second-order valence-electron chi connectivity index (χ2n) is 7.46. The van der Waals surface area contributed by atoms with Gasteiger partial charge in [0.25, 0.3) is 0 Å². The number of halogens is 1. The van der Waals surface area contributed by atoms with Crippen molar-refractivity contribution in [2.75, 3.05) is 25.0 Å². The average Bonchev–Trinajstić information content (AvgIpc) is 2.75. The van der Waals surface area contributed by atoms with Gasteiger partial charge < -0.3 is 5.32 Å². The van der Waals surface area contributed by atoms with Gasteiger partial charge in [-0.3, -0.25) is 14.7 Å². The molecule has 30 heavy (non-hydrogen) atoms. The maximum atomic E-state index is 12.4. The lowest BCUT2D eigenvalue weighted by Gasteiger charge is -2.24. The highest BCUT2D eigenvalue weighted by Gasteiger charge is 2.10. The molecule has 3 heterocycles. The molecule has 4 rings (SSSR count). The Morgan fingerprint density at radius 2 is 2.00 bits per heavy atom. The van der Waals surface area contributed by atoms with Crippen LogP contribution >= 0.6 is 15.9 Å². The van der Waals surface area contributed by atoms with E-state index in [0.717, 1.165) is 40.7 Å². The van der Waals surface area contributed by atoms with Crippen molar-refractivity contribution in [2.24, 2.45) is 0 Å². The van der Waals surface area contributed by atoms with E-state index >= 15 is 0 Å². The average molecular weight is 466 g/mol. The lowest BCUT2D eigenvalue weighted by Crippen LogP contribution is -2.29. The Labute approximate surface area is 184 Å². The van der Waals surface area contributed by atoms with E-state index in [4.69, 9.17) is 0 Å². The van der Waals surface area contributed by atoms with Crippen LogP contribution in [0.2, 0.25) is 0 Å². The SMILES string of the molecule is O=C(/C=C/CN1CCCCC1)Cc1cc2c(Nc3cccc(Br)c3)ncnc2cn1. The van der Waals surface area contributed by atoms with Crippen LogP contribution in [0, 0.1) is 0 Å². The summed E-state index contributed by atoms with van der Waals surface area (Å²) in [5.74, 6) is 0.743. The van der Waals surface area contributed by atoms with Crippen molar-refractivity contribution in [1.29, 1.82) is 0 Å². The molecule has 2 aromatic heterocycles. The molecule has 0 atom stereocenters. The molecule has 3 aromatic rings. The molecule has 1 N–H and O–H groups in total. The van der Waals surface area contributed by atoms with Gasteiger partial charge in [-0.1, -0.05) is 34.5 Å². The van der Waals surface area contributed by atoms with E-state index in [1.54, 1.807) is 12.3 Å². The zero-order valence-corrected chi connectivity index (χ0v) is 18.3. The number of benzene rings is 1. The molecule has 1 saturated heterocycles. The van der Waals surface area contributed by atoms with Gasteiger partial charge in [0.2, 0.25) is 0 Å². The minimum absolute atomic E-state index is 0.0530. The lowest BCUT2D eigenvalue weighted by molar-refractivity contribution is -0.114. The second kappa shape index (κ2) is 9.91. The Bertz CT molecular complexity index is 1060. The number of rotatable bonds is 7. The first-order valence-corrected chi connectivity index (χ1v) is 11.0.